The normalized spacial score (nSPS) is 14.6. The van der Waals surface area contributed by atoms with Crippen LogP contribution in [0.25, 0.3) is 0 Å². The largest absolute Gasteiger partial charge is 0.497 e. The molecule has 3 rings (SSSR count). The Hall–Kier alpha value is -2.73. The summed E-state index contributed by atoms with van der Waals surface area (Å²) < 4.78 is 10.7. The summed E-state index contributed by atoms with van der Waals surface area (Å²) in [4.78, 5) is 16.8. The van der Waals surface area contributed by atoms with E-state index in [4.69, 9.17) is 9.47 Å². The smallest absolute Gasteiger partial charge is 0.234 e. The maximum absolute atomic E-state index is 12.3. The van der Waals surface area contributed by atoms with E-state index in [1.807, 2.05) is 42.5 Å². The average Bonchev–Trinajstić information content (AvgIpc) is 2.74. The Morgan fingerprint density at radius 2 is 1.79 bits per heavy atom. The molecule has 0 unspecified atom stereocenters. The Morgan fingerprint density at radius 1 is 1.00 bits per heavy atom. The van der Waals surface area contributed by atoms with Gasteiger partial charge in [0.2, 0.25) is 5.91 Å². The van der Waals surface area contributed by atoms with Gasteiger partial charge in [-0.1, -0.05) is 24.3 Å². The van der Waals surface area contributed by atoms with Gasteiger partial charge in [0, 0.05) is 32.7 Å². The van der Waals surface area contributed by atoms with Crippen molar-refractivity contribution in [1.29, 1.82) is 0 Å². The van der Waals surface area contributed by atoms with E-state index in [-0.39, 0.29) is 5.91 Å². The number of carbonyl (C=O) groups is 1. The minimum atomic E-state index is 0.0774. The zero-order chi connectivity index (χ0) is 19.8. The number of nitrogens with one attached hydrogen (secondary N) is 1. The summed E-state index contributed by atoms with van der Waals surface area (Å²) >= 11 is 0. The summed E-state index contributed by atoms with van der Waals surface area (Å²) in [5.74, 6) is 1.82. The second-order valence-electron chi connectivity index (χ2n) is 6.89. The first-order valence-electron chi connectivity index (χ1n) is 9.69. The van der Waals surface area contributed by atoms with Gasteiger partial charge in [0.1, 0.15) is 11.5 Å². The van der Waals surface area contributed by atoms with E-state index in [9.17, 15) is 4.79 Å². The van der Waals surface area contributed by atoms with E-state index < -0.39 is 0 Å². The number of para-hydroxylation sites is 2. The van der Waals surface area contributed by atoms with Crippen molar-refractivity contribution in [1.82, 2.24) is 10.2 Å². The molecule has 0 atom stereocenters. The van der Waals surface area contributed by atoms with Crippen LogP contribution in [0.1, 0.15) is 5.56 Å². The second-order valence-corrected chi connectivity index (χ2v) is 6.89. The Kier molecular flexibility index (Phi) is 7.14. The first kappa shape index (κ1) is 20.0. The fourth-order valence-corrected chi connectivity index (χ4v) is 3.47. The van der Waals surface area contributed by atoms with Crippen LogP contribution in [0.2, 0.25) is 0 Å². The van der Waals surface area contributed by atoms with Gasteiger partial charge in [-0.15, -0.1) is 0 Å². The number of piperazine rings is 1. The summed E-state index contributed by atoms with van der Waals surface area (Å²) in [6.07, 6.45) is 0.796. The van der Waals surface area contributed by atoms with Crippen LogP contribution in [0.3, 0.4) is 0 Å². The number of methoxy groups -OCH3 is 2. The fraction of sp³-hybridized carbons (Fsp3) is 0.409. The topological polar surface area (TPSA) is 54.0 Å². The van der Waals surface area contributed by atoms with Crippen molar-refractivity contribution >= 4 is 11.6 Å². The van der Waals surface area contributed by atoms with Crippen LogP contribution in [-0.4, -0.2) is 64.3 Å². The lowest BCUT2D eigenvalue weighted by Gasteiger charge is -2.36. The van der Waals surface area contributed by atoms with E-state index in [0.717, 1.165) is 55.3 Å². The number of hydrogen-bond acceptors (Lipinski definition) is 5. The highest BCUT2D eigenvalue weighted by molar-refractivity contribution is 5.78. The predicted molar refractivity (Wildman–Crippen MR) is 111 cm³/mol. The minimum Gasteiger partial charge on any atom is -0.497 e. The lowest BCUT2D eigenvalue weighted by Crippen LogP contribution is -2.49. The minimum absolute atomic E-state index is 0.0774. The SMILES string of the molecule is COc1cccc(CCNC(=O)CN2CCN(c3ccccc3OC)CC2)c1. The van der Waals surface area contributed by atoms with Crippen LogP contribution in [0.4, 0.5) is 5.69 Å². The quantitative estimate of drug-likeness (QED) is 0.757. The lowest BCUT2D eigenvalue weighted by atomic mass is 10.1. The van der Waals surface area contributed by atoms with Crippen LogP contribution in [0.5, 0.6) is 11.5 Å². The summed E-state index contributed by atoms with van der Waals surface area (Å²) in [7, 11) is 3.36. The fourth-order valence-electron chi connectivity index (χ4n) is 3.47. The number of rotatable bonds is 8. The molecule has 150 valence electrons. The van der Waals surface area contributed by atoms with Crippen molar-refractivity contribution in [2.75, 3.05) is 58.4 Å². The molecule has 0 aromatic heterocycles. The number of benzene rings is 2. The van der Waals surface area contributed by atoms with E-state index in [0.29, 0.717) is 13.1 Å². The highest BCUT2D eigenvalue weighted by atomic mass is 16.5. The molecule has 0 saturated carbocycles. The molecule has 6 nitrogen and oxygen atoms in total. The molecule has 1 N–H and O–H groups in total. The highest BCUT2D eigenvalue weighted by Gasteiger charge is 2.20. The average molecular weight is 383 g/mol. The highest BCUT2D eigenvalue weighted by Crippen LogP contribution is 2.28. The zero-order valence-corrected chi connectivity index (χ0v) is 16.7. The van der Waals surface area contributed by atoms with E-state index in [1.54, 1.807) is 14.2 Å². The van der Waals surface area contributed by atoms with Gasteiger partial charge in [0.05, 0.1) is 26.5 Å². The number of ether oxygens (including phenoxy) is 2. The molecule has 1 aliphatic heterocycles. The zero-order valence-electron chi connectivity index (χ0n) is 16.7. The number of nitrogens with zero attached hydrogens (tertiary/aromatic N) is 2. The third-order valence-electron chi connectivity index (χ3n) is 5.04. The van der Waals surface area contributed by atoms with Crippen molar-refractivity contribution in [3.8, 4) is 11.5 Å². The third kappa shape index (κ3) is 5.39. The van der Waals surface area contributed by atoms with Crippen molar-refractivity contribution in [2.45, 2.75) is 6.42 Å². The van der Waals surface area contributed by atoms with Crippen molar-refractivity contribution in [3.63, 3.8) is 0 Å². The van der Waals surface area contributed by atoms with Gasteiger partial charge in [-0.25, -0.2) is 0 Å². The Balaban J connectivity index is 1.40. The number of carbonyl (C=O) groups excluding carboxylic acids is 1. The van der Waals surface area contributed by atoms with Gasteiger partial charge in [0.15, 0.2) is 0 Å². The molecule has 2 aromatic rings. The first-order valence-corrected chi connectivity index (χ1v) is 9.69. The molecular weight excluding hydrogens is 354 g/mol. The van der Waals surface area contributed by atoms with Gasteiger partial charge in [0.25, 0.3) is 0 Å². The maximum Gasteiger partial charge on any atom is 0.234 e. The van der Waals surface area contributed by atoms with Crippen LogP contribution in [0, 0.1) is 0 Å². The van der Waals surface area contributed by atoms with E-state index >= 15 is 0 Å². The van der Waals surface area contributed by atoms with Gasteiger partial charge in [-0.2, -0.15) is 0 Å². The molecule has 0 spiro atoms. The Labute approximate surface area is 167 Å². The lowest BCUT2D eigenvalue weighted by molar-refractivity contribution is -0.122. The molecule has 1 aliphatic rings. The molecular formula is C22H29N3O3. The van der Waals surface area contributed by atoms with Crippen molar-refractivity contribution < 1.29 is 14.3 Å². The number of hydrogen-bond donors (Lipinski definition) is 1. The molecule has 0 bridgehead atoms. The first-order chi connectivity index (χ1) is 13.7. The van der Waals surface area contributed by atoms with Gasteiger partial charge in [-0.3, -0.25) is 9.69 Å². The summed E-state index contributed by atoms with van der Waals surface area (Å²) in [6.45, 7) is 4.57. The van der Waals surface area contributed by atoms with Crippen molar-refractivity contribution in [2.24, 2.45) is 0 Å². The Morgan fingerprint density at radius 3 is 2.54 bits per heavy atom. The Bertz CT molecular complexity index is 773. The van der Waals surface area contributed by atoms with Gasteiger partial charge < -0.3 is 19.7 Å². The van der Waals surface area contributed by atoms with Crippen LogP contribution in [0.15, 0.2) is 48.5 Å². The molecule has 0 aliphatic carbocycles. The summed E-state index contributed by atoms with van der Waals surface area (Å²) in [6, 6.07) is 16.0. The van der Waals surface area contributed by atoms with Crippen LogP contribution >= 0.6 is 0 Å². The van der Waals surface area contributed by atoms with Gasteiger partial charge >= 0.3 is 0 Å². The summed E-state index contributed by atoms with van der Waals surface area (Å²) in [5, 5.41) is 3.02. The maximum atomic E-state index is 12.3. The third-order valence-corrected chi connectivity index (χ3v) is 5.04. The van der Waals surface area contributed by atoms with Crippen molar-refractivity contribution in [3.05, 3.63) is 54.1 Å². The monoisotopic (exact) mass is 383 g/mol. The molecule has 0 radical (unpaired) electrons. The molecule has 1 amide bonds. The molecule has 1 heterocycles. The number of amides is 1. The summed E-state index contributed by atoms with van der Waals surface area (Å²) in [5.41, 5.74) is 2.28. The molecule has 28 heavy (non-hydrogen) atoms. The van der Waals surface area contributed by atoms with E-state index in [2.05, 4.69) is 21.2 Å². The standard InChI is InChI=1S/C22H29N3O3/c1-27-19-7-5-6-18(16-19)10-11-23-22(26)17-24-12-14-25(15-13-24)20-8-3-4-9-21(20)28-2/h3-9,16H,10-15,17H2,1-2H3,(H,23,26). The molecule has 2 aromatic carbocycles. The van der Waals surface area contributed by atoms with Crippen LogP contribution < -0.4 is 19.7 Å². The van der Waals surface area contributed by atoms with Crippen LogP contribution in [-0.2, 0) is 11.2 Å². The molecule has 6 heteroatoms. The van der Waals surface area contributed by atoms with Gasteiger partial charge in [-0.05, 0) is 36.2 Å². The number of anilines is 1. The van der Waals surface area contributed by atoms with E-state index in [1.165, 1.54) is 0 Å². The predicted octanol–water partition coefficient (Wildman–Crippen LogP) is 2.18. The second kappa shape index (κ2) is 9.99. The molecule has 1 saturated heterocycles. The molecule has 1 fully saturated rings.